The van der Waals surface area contributed by atoms with Crippen molar-refractivity contribution < 1.29 is 17.9 Å². The fraction of sp³-hybridized carbons (Fsp3) is 0.857. The molecule has 0 saturated heterocycles. The zero-order valence-electron chi connectivity index (χ0n) is 8.03. The second-order valence-corrected chi connectivity index (χ2v) is 4.84. The van der Waals surface area contributed by atoms with Crippen molar-refractivity contribution in [3.63, 3.8) is 0 Å². The number of ether oxygens (including phenoxy) is 1. The van der Waals surface area contributed by atoms with Crippen LogP contribution in [0.15, 0.2) is 0 Å². The zero-order chi connectivity index (χ0) is 10.5. The third kappa shape index (κ3) is 4.23. The summed E-state index contributed by atoms with van der Waals surface area (Å²) >= 11 is 0. The van der Waals surface area contributed by atoms with Crippen molar-refractivity contribution >= 4 is 16.0 Å². The first kappa shape index (κ1) is 12.4. The number of esters is 1. The lowest BCUT2D eigenvalue weighted by molar-refractivity contribution is -0.139. The van der Waals surface area contributed by atoms with Crippen molar-refractivity contribution in [2.24, 2.45) is 0 Å². The van der Waals surface area contributed by atoms with E-state index in [-0.39, 0.29) is 6.54 Å². The number of carbonyl (C=O) groups excluding carboxylic acids is 1. The summed E-state index contributed by atoms with van der Waals surface area (Å²) in [5.74, 6) is -0.591. The molecule has 0 aliphatic rings. The van der Waals surface area contributed by atoms with Gasteiger partial charge >= 0.3 is 5.97 Å². The second kappa shape index (κ2) is 5.18. The van der Waals surface area contributed by atoms with Crippen molar-refractivity contribution in [2.75, 3.05) is 13.7 Å². The average molecular weight is 209 g/mol. The van der Waals surface area contributed by atoms with E-state index in [2.05, 4.69) is 9.46 Å². The Morgan fingerprint density at radius 1 is 1.54 bits per heavy atom. The van der Waals surface area contributed by atoms with Gasteiger partial charge in [0.2, 0.25) is 10.0 Å². The average Bonchev–Trinajstić information content (AvgIpc) is 2.12. The van der Waals surface area contributed by atoms with E-state index in [9.17, 15) is 13.2 Å². The van der Waals surface area contributed by atoms with Crippen molar-refractivity contribution in [2.45, 2.75) is 25.5 Å². The van der Waals surface area contributed by atoms with Gasteiger partial charge in [0.05, 0.1) is 12.4 Å². The third-order valence-corrected chi connectivity index (χ3v) is 3.69. The van der Waals surface area contributed by atoms with Gasteiger partial charge in [-0.2, -0.15) is 0 Å². The number of carbonyl (C=O) groups is 1. The topological polar surface area (TPSA) is 72.5 Å². The third-order valence-electron chi connectivity index (χ3n) is 1.75. The van der Waals surface area contributed by atoms with Crippen molar-refractivity contribution in [1.29, 1.82) is 0 Å². The lowest BCUT2D eigenvalue weighted by Gasteiger charge is -2.10. The standard InChI is InChI=1S/C7H15NO4S/c1-4-6(2)13(10,11)8-5-7(9)12-3/h6,8H,4-5H2,1-3H3. The predicted octanol–water partition coefficient (Wildman–Crippen LogP) is -0.123. The van der Waals surface area contributed by atoms with Crippen LogP contribution >= 0.6 is 0 Å². The zero-order valence-corrected chi connectivity index (χ0v) is 8.85. The van der Waals surface area contributed by atoms with Crippen LogP contribution in [0.3, 0.4) is 0 Å². The predicted molar refractivity (Wildman–Crippen MR) is 48.7 cm³/mol. The minimum Gasteiger partial charge on any atom is -0.468 e. The molecule has 0 saturated carbocycles. The highest BCUT2D eigenvalue weighted by Gasteiger charge is 2.19. The maximum atomic E-state index is 11.3. The highest BCUT2D eigenvalue weighted by molar-refractivity contribution is 7.90. The molecule has 1 unspecified atom stereocenters. The van der Waals surface area contributed by atoms with Crippen LogP contribution in [0.25, 0.3) is 0 Å². The fourth-order valence-corrected chi connectivity index (χ4v) is 1.64. The highest BCUT2D eigenvalue weighted by atomic mass is 32.2. The van der Waals surface area contributed by atoms with Gasteiger partial charge in [-0.15, -0.1) is 0 Å². The van der Waals surface area contributed by atoms with Crippen LogP contribution in [-0.2, 0) is 19.6 Å². The van der Waals surface area contributed by atoms with E-state index in [1.54, 1.807) is 13.8 Å². The maximum Gasteiger partial charge on any atom is 0.320 e. The van der Waals surface area contributed by atoms with Crippen LogP contribution in [0.1, 0.15) is 20.3 Å². The van der Waals surface area contributed by atoms with E-state index >= 15 is 0 Å². The molecule has 5 nitrogen and oxygen atoms in total. The molecule has 0 aliphatic heterocycles. The molecule has 0 radical (unpaired) electrons. The van der Waals surface area contributed by atoms with Gasteiger partial charge in [0.15, 0.2) is 0 Å². The van der Waals surface area contributed by atoms with Gasteiger partial charge < -0.3 is 4.74 Å². The van der Waals surface area contributed by atoms with Crippen LogP contribution in [0.2, 0.25) is 0 Å². The first-order valence-electron chi connectivity index (χ1n) is 3.99. The van der Waals surface area contributed by atoms with Gasteiger partial charge in [0, 0.05) is 0 Å². The number of methoxy groups -OCH3 is 1. The molecule has 1 N–H and O–H groups in total. The lowest BCUT2D eigenvalue weighted by atomic mass is 10.4. The Morgan fingerprint density at radius 3 is 2.46 bits per heavy atom. The summed E-state index contributed by atoms with van der Waals surface area (Å²) < 4.78 is 29.0. The van der Waals surface area contributed by atoms with E-state index in [4.69, 9.17) is 0 Å². The first-order valence-corrected chi connectivity index (χ1v) is 5.54. The van der Waals surface area contributed by atoms with Crippen LogP contribution < -0.4 is 4.72 Å². The molecule has 6 heteroatoms. The molecule has 0 bridgehead atoms. The van der Waals surface area contributed by atoms with Gasteiger partial charge in [-0.3, -0.25) is 4.79 Å². The SMILES string of the molecule is CCC(C)S(=O)(=O)NCC(=O)OC. The van der Waals surface area contributed by atoms with Crippen LogP contribution in [-0.4, -0.2) is 33.3 Å². The Morgan fingerprint density at radius 2 is 2.08 bits per heavy atom. The minimum atomic E-state index is -3.37. The highest BCUT2D eigenvalue weighted by Crippen LogP contribution is 2.01. The molecule has 0 heterocycles. The van der Waals surface area contributed by atoms with E-state index in [0.717, 1.165) is 0 Å². The summed E-state index contributed by atoms with van der Waals surface area (Å²) in [6.45, 7) is 3.05. The first-order chi connectivity index (χ1) is 5.94. The van der Waals surface area contributed by atoms with Gasteiger partial charge in [0.1, 0.15) is 6.54 Å². The molecule has 0 aromatic carbocycles. The molecule has 1 atom stereocenters. The van der Waals surface area contributed by atoms with E-state index in [0.29, 0.717) is 6.42 Å². The number of sulfonamides is 1. The van der Waals surface area contributed by atoms with Gasteiger partial charge in [-0.25, -0.2) is 13.1 Å². The number of hydrogen-bond acceptors (Lipinski definition) is 4. The van der Waals surface area contributed by atoms with Crippen LogP contribution in [0.4, 0.5) is 0 Å². The summed E-state index contributed by atoms with van der Waals surface area (Å²) in [5, 5.41) is -0.489. The number of rotatable bonds is 5. The Kier molecular flexibility index (Phi) is 4.94. The number of hydrogen-bond donors (Lipinski definition) is 1. The molecule has 0 amide bonds. The van der Waals surface area contributed by atoms with E-state index < -0.39 is 21.2 Å². The molecule has 13 heavy (non-hydrogen) atoms. The van der Waals surface area contributed by atoms with Crippen molar-refractivity contribution in [3.05, 3.63) is 0 Å². The molecule has 0 aliphatic carbocycles. The van der Waals surface area contributed by atoms with Gasteiger partial charge in [-0.05, 0) is 13.3 Å². The van der Waals surface area contributed by atoms with Gasteiger partial charge in [-0.1, -0.05) is 6.92 Å². The molecule has 0 aromatic rings. The Bertz CT molecular complexity index is 260. The van der Waals surface area contributed by atoms with Crippen LogP contribution in [0.5, 0.6) is 0 Å². The number of nitrogens with one attached hydrogen (secondary N) is 1. The smallest absolute Gasteiger partial charge is 0.320 e. The summed E-state index contributed by atoms with van der Waals surface area (Å²) in [6.07, 6.45) is 0.510. The Balaban J connectivity index is 4.12. The minimum absolute atomic E-state index is 0.302. The monoisotopic (exact) mass is 209 g/mol. The summed E-state index contributed by atoms with van der Waals surface area (Å²) in [5.41, 5.74) is 0. The maximum absolute atomic E-state index is 11.3. The molecular weight excluding hydrogens is 194 g/mol. The quantitative estimate of drug-likeness (QED) is 0.640. The molecule has 0 spiro atoms. The summed E-state index contributed by atoms with van der Waals surface area (Å²) in [7, 11) is -2.16. The molecular formula is C7H15NO4S. The Labute approximate surface area is 78.5 Å². The normalized spacial score (nSPS) is 13.8. The second-order valence-electron chi connectivity index (χ2n) is 2.66. The van der Waals surface area contributed by atoms with E-state index in [1.165, 1.54) is 7.11 Å². The Hall–Kier alpha value is -0.620. The fourth-order valence-electron chi connectivity index (χ4n) is 0.593. The summed E-state index contributed by atoms with van der Waals surface area (Å²) in [4.78, 5) is 10.6. The van der Waals surface area contributed by atoms with E-state index in [1.807, 2.05) is 0 Å². The van der Waals surface area contributed by atoms with Crippen LogP contribution in [0, 0.1) is 0 Å². The largest absolute Gasteiger partial charge is 0.468 e. The van der Waals surface area contributed by atoms with Crippen molar-refractivity contribution in [1.82, 2.24) is 4.72 Å². The molecule has 0 rings (SSSR count). The molecule has 78 valence electrons. The molecule has 0 fully saturated rings. The van der Waals surface area contributed by atoms with Crippen molar-refractivity contribution in [3.8, 4) is 0 Å². The summed E-state index contributed by atoms with van der Waals surface area (Å²) in [6, 6.07) is 0. The molecule has 0 aromatic heterocycles. The van der Waals surface area contributed by atoms with Gasteiger partial charge in [0.25, 0.3) is 0 Å². The lowest BCUT2D eigenvalue weighted by Crippen LogP contribution is -2.36.